The highest BCUT2D eigenvalue weighted by Gasteiger charge is 2.00. The van der Waals surface area contributed by atoms with E-state index in [4.69, 9.17) is 0 Å². The highest BCUT2D eigenvalue weighted by Crippen LogP contribution is 2.20. The van der Waals surface area contributed by atoms with Crippen molar-refractivity contribution in [2.45, 2.75) is 40.5 Å². The van der Waals surface area contributed by atoms with Gasteiger partial charge in [-0.1, -0.05) is 79.4 Å². The Labute approximate surface area is 185 Å². The molecule has 2 rings (SSSR count). The van der Waals surface area contributed by atoms with E-state index in [0.717, 1.165) is 24.3 Å². The lowest BCUT2D eigenvalue weighted by Gasteiger charge is -2.06. The summed E-state index contributed by atoms with van der Waals surface area (Å²) in [7, 11) is 0. The van der Waals surface area contributed by atoms with Crippen molar-refractivity contribution in [2.24, 2.45) is 0 Å². The monoisotopic (exact) mass is 506 g/mol. The second kappa shape index (κ2) is 11.3. The summed E-state index contributed by atoms with van der Waals surface area (Å²) in [6, 6.07) is 13.2. The fourth-order valence-corrected chi connectivity index (χ4v) is 4.33. The minimum atomic E-state index is 1.03. The first-order valence-electron chi connectivity index (χ1n) is 9.24. The number of halogens is 2. The van der Waals surface area contributed by atoms with Crippen LogP contribution in [0.3, 0.4) is 0 Å². The van der Waals surface area contributed by atoms with E-state index in [2.05, 4.69) is 108 Å². The Morgan fingerprint density at radius 2 is 1.19 bits per heavy atom. The zero-order valence-electron chi connectivity index (χ0n) is 16.6. The molecule has 0 spiro atoms. The van der Waals surface area contributed by atoms with Crippen LogP contribution in [-0.4, -0.2) is 11.5 Å². The van der Waals surface area contributed by atoms with Crippen LogP contribution in [0.4, 0.5) is 0 Å². The van der Waals surface area contributed by atoms with Crippen LogP contribution in [0.25, 0.3) is 0 Å². The van der Waals surface area contributed by atoms with Crippen molar-refractivity contribution in [2.75, 3.05) is 11.5 Å². The standard InChI is InChI=1S/C24H28Br2S/c1-17(13-21-5-7-23(25)19(3)15-21)9-11-27-12-10-18(2)14-22-6-8-24(26)20(4)16-22/h5-10,15-16H,11-14H2,1-4H3. The third-order valence-corrected chi connectivity index (χ3v) is 7.09. The molecule has 0 amide bonds. The molecule has 0 heterocycles. The Kier molecular flexibility index (Phi) is 9.41. The van der Waals surface area contributed by atoms with E-state index >= 15 is 0 Å². The molecule has 0 fully saturated rings. The smallest absolute Gasteiger partial charge is 0.0204 e. The maximum absolute atomic E-state index is 3.57. The zero-order valence-corrected chi connectivity index (χ0v) is 20.6. The molecule has 0 N–H and O–H groups in total. The fourth-order valence-electron chi connectivity index (χ4n) is 2.89. The number of benzene rings is 2. The molecule has 2 aromatic rings. The quantitative estimate of drug-likeness (QED) is 0.256. The molecule has 0 bridgehead atoms. The average Bonchev–Trinajstić information content (AvgIpc) is 2.61. The molecule has 0 aliphatic rings. The van der Waals surface area contributed by atoms with Gasteiger partial charge in [0.25, 0.3) is 0 Å². The van der Waals surface area contributed by atoms with Crippen molar-refractivity contribution in [3.63, 3.8) is 0 Å². The Hall–Kier alpha value is -0.770. The van der Waals surface area contributed by atoms with E-state index in [-0.39, 0.29) is 0 Å². The van der Waals surface area contributed by atoms with E-state index < -0.39 is 0 Å². The summed E-state index contributed by atoms with van der Waals surface area (Å²) in [5, 5.41) is 0. The minimum absolute atomic E-state index is 1.03. The average molecular weight is 508 g/mol. The van der Waals surface area contributed by atoms with E-state index in [1.165, 1.54) is 42.3 Å². The van der Waals surface area contributed by atoms with Crippen LogP contribution in [0.15, 0.2) is 68.6 Å². The summed E-state index contributed by atoms with van der Waals surface area (Å²) in [5.41, 5.74) is 8.25. The number of hydrogen-bond donors (Lipinski definition) is 0. The Bertz CT molecular complexity index is 765. The highest BCUT2D eigenvalue weighted by atomic mass is 79.9. The molecule has 0 unspecified atom stereocenters. The Morgan fingerprint density at radius 3 is 1.56 bits per heavy atom. The van der Waals surface area contributed by atoms with Gasteiger partial charge in [0, 0.05) is 20.5 Å². The van der Waals surface area contributed by atoms with Crippen molar-refractivity contribution in [3.8, 4) is 0 Å². The minimum Gasteiger partial charge on any atom is -0.154 e. The number of thioether (sulfide) groups is 1. The maximum atomic E-state index is 3.57. The number of allylic oxidation sites excluding steroid dienone is 2. The highest BCUT2D eigenvalue weighted by molar-refractivity contribution is 9.10. The van der Waals surface area contributed by atoms with Crippen molar-refractivity contribution < 1.29 is 0 Å². The van der Waals surface area contributed by atoms with Gasteiger partial charge in [0.15, 0.2) is 0 Å². The van der Waals surface area contributed by atoms with Crippen LogP contribution in [0.1, 0.15) is 36.1 Å². The van der Waals surface area contributed by atoms with Crippen molar-refractivity contribution >= 4 is 43.6 Å². The summed E-state index contributed by atoms with van der Waals surface area (Å²) >= 11 is 9.11. The largest absolute Gasteiger partial charge is 0.154 e. The fraction of sp³-hybridized carbons (Fsp3) is 0.333. The van der Waals surface area contributed by atoms with E-state index in [9.17, 15) is 0 Å². The molecular weight excluding hydrogens is 480 g/mol. The first-order valence-corrected chi connectivity index (χ1v) is 12.0. The van der Waals surface area contributed by atoms with Crippen LogP contribution in [-0.2, 0) is 12.8 Å². The zero-order chi connectivity index (χ0) is 19.8. The molecule has 0 aromatic heterocycles. The third kappa shape index (κ3) is 8.01. The van der Waals surface area contributed by atoms with E-state index in [0.29, 0.717) is 0 Å². The molecule has 0 saturated heterocycles. The Morgan fingerprint density at radius 1 is 0.778 bits per heavy atom. The maximum Gasteiger partial charge on any atom is 0.0204 e. The number of aryl methyl sites for hydroxylation is 2. The summed E-state index contributed by atoms with van der Waals surface area (Å²) in [6.45, 7) is 8.75. The normalized spacial score (nSPS) is 12.5. The van der Waals surface area contributed by atoms with Crippen molar-refractivity contribution in [1.29, 1.82) is 0 Å². The molecular formula is C24H28Br2S. The van der Waals surface area contributed by atoms with Gasteiger partial charge in [0.1, 0.15) is 0 Å². The molecule has 0 radical (unpaired) electrons. The van der Waals surface area contributed by atoms with Gasteiger partial charge < -0.3 is 0 Å². The molecule has 0 aliphatic heterocycles. The second-order valence-electron chi connectivity index (χ2n) is 7.16. The lowest BCUT2D eigenvalue weighted by Crippen LogP contribution is -1.91. The summed E-state index contributed by atoms with van der Waals surface area (Å²) in [4.78, 5) is 0. The van der Waals surface area contributed by atoms with Crippen molar-refractivity contribution in [3.05, 3.63) is 90.9 Å². The molecule has 144 valence electrons. The second-order valence-corrected chi connectivity index (χ2v) is 9.94. The molecule has 0 nitrogen and oxygen atoms in total. The Balaban J connectivity index is 1.75. The van der Waals surface area contributed by atoms with Gasteiger partial charge in [-0.25, -0.2) is 0 Å². The van der Waals surface area contributed by atoms with E-state index in [1.807, 2.05) is 11.8 Å². The van der Waals surface area contributed by atoms with Crippen LogP contribution in [0, 0.1) is 13.8 Å². The summed E-state index contributed by atoms with van der Waals surface area (Å²) < 4.78 is 2.37. The molecule has 0 aliphatic carbocycles. The van der Waals surface area contributed by atoms with Crippen LogP contribution < -0.4 is 0 Å². The number of rotatable bonds is 8. The predicted molar refractivity (Wildman–Crippen MR) is 130 cm³/mol. The molecule has 27 heavy (non-hydrogen) atoms. The van der Waals surface area contributed by atoms with Gasteiger partial charge in [-0.15, -0.1) is 0 Å². The van der Waals surface area contributed by atoms with Gasteiger partial charge in [-0.05, 0) is 74.9 Å². The number of hydrogen-bond acceptors (Lipinski definition) is 1. The van der Waals surface area contributed by atoms with Gasteiger partial charge >= 0.3 is 0 Å². The van der Waals surface area contributed by atoms with Gasteiger partial charge in [-0.2, -0.15) is 11.8 Å². The first kappa shape index (κ1) is 22.5. The van der Waals surface area contributed by atoms with Crippen LogP contribution >= 0.6 is 43.6 Å². The SMILES string of the molecule is CC(=CCSCC=C(C)Cc1ccc(Br)c(C)c1)Cc1ccc(Br)c(C)c1. The first-order chi connectivity index (χ1) is 12.8. The lowest BCUT2D eigenvalue weighted by molar-refractivity contribution is 1.12. The van der Waals surface area contributed by atoms with Gasteiger partial charge in [-0.3, -0.25) is 0 Å². The third-order valence-electron chi connectivity index (χ3n) is 4.51. The molecule has 0 atom stereocenters. The lowest BCUT2D eigenvalue weighted by atomic mass is 10.0. The molecule has 3 heteroatoms. The van der Waals surface area contributed by atoms with Crippen LogP contribution in [0.2, 0.25) is 0 Å². The van der Waals surface area contributed by atoms with Gasteiger partial charge in [0.2, 0.25) is 0 Å². The summed E-state index contributed by atoms with van der Waals surface area (Å²) in [5.74, 6) is 2.14. The topological polar surface area (TPSA) is 0 Å². The van der Waals surface area contributed by atoms with Gasteiger partial charge in [0.05, 0.1) is 0 Å². The molecule has 2 aromatic carbocycles. The summed E-state index contributed by atoms with van der Waals surface area (Å²) in [6.07, 6.45) is 6.80. The van der Waals surface area contributed by atoms with Crippen LogP contribution in [0.5, 0.6) is 0 Å². The predicted octanol–water partition coefficient (Wildman–Crippen LogP) is 8.24. The van der Waals surface area contributed by atoms with E-state index in [1.54, 1.807) is 0 Å². The molecule has 0 saturated carbocycles. The van der Waals surface area contributed by atoms with Crippen molar-refractivity contribution in [1.82, 2.24) is 0 Å².